The van der Waals surface area contributed by atoms with Crippen LogP contribution in [0, 0.1) is 11.7 Å². The van der Waals surface area contributed by atoms with Crippen LogP contribution in [0.2, 0.25) is 0 Å². The van der Waals surface area contributed by atoms with E-state index in [4.69, 9.17) is 10.7 Å². The quantitative estimate of drug-likeness (QED) is 0.333. The van der Waals surface area contributed by atoms with Gasteiger partial charge in [-0.3, -0.25) is 0 Å². The second-order valence-electron chi connectivity index (χ2n) is 10.9. The molecule has 0 bridgehead atoms. The lowest BCUT2D eigenvalue weighted by Gasteiger charge is -2.32. The Hall–Kier alpha value is -3.24. The Balaban J connectivity index is 1.59. The molecule has 8 nitrogen and oxygen atoms in total. The SMILES string of the molecule is CC(C)CN1CCC(c2nc(-c3ccc4nc(N)n(S(=O)(=O)C(C)C)c4c3)c(-c3ccc(F)cc3)[nH]2)CC1. The summed E-state index contributed by atoms with van der Waals surface area (Å²) in [6.45, 7) is 10.8. The van der Waals surface area contributed by atoms with Gasteiger partial charge >= 0.3 is 0 Å². The molecular formula is C28H35FN6O2S. The number of nitrogens with zero attached hydrogens (tertiary/aromatic N) is 4. The van der Waals surface area contributed by atoms with Crippen LogP contribution < -0.4 is 5.73 Å². The van der Waals surface area contributed by atoms with Gasteiger partial charge in [-0.05, 0) is 82.1 Å². The first-order valence-corrected chi connectivity index (χ1v) is 14.7. The predicted octanol–water partition coefficient (Wildman–Crippen LogP) is 5.24. The lowest BCUT2D eigenvalue weighted by Crippen LogP contribution is -2.35. The summed E-state index contributed by atoms with van der Waals surface area (Å²) in [6, 6.07) is 11.7. The number of nitrogens with one attached hydrogen (secondary N) is 1. The molecule has 2 aromatic heterocycles. The van der Waals surface area contributed by atoms with Crippen molar-refractivity contribution in [2.45, 2.75) is 51.7 Å². The van der Waals surface area contributed by atoms with Crippen molar-refractivity contribution in [1.29, 1.82) is 0 Å². The lowest BCUT2D eigenvalue weighted by molar-refractivity contribution is 0.190. The van der Waals surface area contributed by atoms with Crippen molar-refractivity contribution < 1.29 is 12.8 Å². The van der Waals surface area contributed by atoms with Crippen molar-refractivity contribution in [2.24, 2.45) is 5.92 Å². The van der Waals surface area contributed by atoms with E-state index >= 15 is 0 Å². The molecule has 202 valence electrons. The van der Waals surface area contributed by atoms with Gasteiger partial charge in [0.2, 0.25) is 16.0 Å². The predicted molar refractivity (Wildman–Crippen MR) is 150 cm³/mol. The largest absolute Gasteiger partial charge is 0.368 e. The van der Waals surface area contributed by atoms with Crippen LogP contribution in [-0.4, -0.2) is 57.1 Å². The number of hydrogen-bond acceptors (Lipinski definition) is 6. The van der Waals surface area contributed by atoms with Gasteiger partial charge in [-0.2, -0.15) is 0 Å². The van der Waals surface area contributed by atoms with E-state index in [0.717, 1.165) is 59.1 Å². The fraction of sp³-hybridized carbons (Fsp3) is 0.429. The third-order valence-electron chi connectivity index (χ3n) is 7.21. The molecule has 1 saturated heterocycles. The zero-order valence-electron chi connectivity index (χ0n) is 22.3. The van der Waals surface area contributed by atoms with E-state index in [1.165, 1.54) is 12.1 Å². The molecule has 1 aliphatic heterocycles. The molecule has 3 heterocycles. The summed E-state index contributed by atoms with van der Waals surface area (Å²) in [4.78, 5) is 15.4. The topological polar surface area (TPSA) is 110 Å². The van der Waals surface area contributed by atoms with Gasteiger partial charge in [0.15, 0.2) is 0 Å². The highest BCUT2D eigenvalue weighted by Crippen LogP contribution is 2.36. The molecule has 1 aliphatic rings. The molecule has 0 aliphatic carbocycles. The number of halogens is 1. The summed E-state index contributed by atoms with van der Waals surface area (Å²) in [5, 5.41) is -0.667. The molecule has 38 heavy (non-hydrogen) atoms. The van der Waals surface area contributed by atoms with Crippen LogP contribution in [0.3, 0.4) is 0 Å². The van der Waals surface area contributed by atoms with Crippen molar-refractivity contribution in [3.8, 4) is 22.5 Å². The Morgan fingerprint density at radius 1 is 1.03 bits per heavy atom. The minimum Gasteiger partial charge on any atom is -0.368 e. The van der Waals surface area contributed by atoms with E-state index in [-0.39, 0.29) is 17.7 Å². The van der Waals surface area contributed by atoms with Gasteiger partial charge < -0.3 is 15.6 Å². The van der Waals surface area contributed by atoms with Crippen LogP contribution in [0.1, 0.15) is 52.3 Å². The highest BCUT2D eigenvalue weighted by atomic mass is 32.2. The van der Waals surface area contributed by atoms with Crippen LogP contribution in [0.5, 0.6) is 0 Å². The lowest BCUT2D eigenvalue weighted by atomic mass is 9.95. The van der Waals surface area contributed by atoms with Gasteiger partial charge in [0.1, 0.15) is 11.6 Å². The number of imidazole rings is 2. The molecule has 0 saturated carbocycles. The third-order valence-corrected chi connectivity index (χ3v) is 9.30. The number of piperidine rings is 1. The summed E-state index contributed by atoms with van der Waals surface area (Å²) in [5.41, 5.74) is 9.95. The van der Waals surface area contributed by atoms with Crippen molar-refractivity contribution in [3.63, 3.8) is 0 Å². The molecule has 2 aromatic carbocycles. The van der Waals surface area contributed by atoms with Crippen molar-refractivity contribution in [3.05, 3.63) is 54.1 Å². The summed E-state index contributed by atoms with van der Waals surface area (Å²) in [7, 11) is -3.73. The van der Waals surface area contributed by atoms with E-state index in [1.807, 2.05) is 6.07 Å². The Morgan fingerprint density at radius 3 is 2.32 bits per heavy atom. The van der Waals surface area contributed by atoms with Gasteiger partial charge in [0.25, 0.3) is 0 Å². The molecule has 5 rings (SSSR count). The smallest absolute Gasteiger partial charge is 0.244 e. The minimum atomic E-state index is -3.73. The molecule has 3 N–H and O–H groups in total. The maximum absolute atomic E-state index is 13.7. The summed E-state index contributed by atoms with van der Waals surface area (Å²) in [6.07, 6.45) is 2.00. The van der Waals surface area contributed by atoms with Crippen LogP contribution in [-0.2, 0) is 10.0 Å². The Kier molecular flexibility index (Phi) is 7.04. The van der Waals surface area contributed by atoms with E-state index < -0.39 is 15.3 Å². The molecule has 0 unspecified atom stereocenters. The van der Waals surface area contributed by atoms with E-state index in [1.54, 1.807) is 38.1 Å². The Morgan fingerprint density at radius 2 is 1.68 bits per heavy atom. The first kappa shape index (κ1) is 26.4. The second-order valence-corrected chi connectivity index (χ2v) is 13.2. The van der Waals surface area contributed by atoms with Gasteiger partial charge in [-0.25, -0.2) is 26.7 Å². The molecule has 0 radical (unpaired) electrons. The van der Waals surface area contributed by atoms with Gasteiger partial charge in [0.05, 0.1) is 27.7 Å². The highest BCUT2D eigenvalue weighted by Gasteiger charge is 2.27. The summed E-state index contributed by atoms with van der Waals surface area (Å²) in [5.74, 6) is 1.42. The maximum Gasteiger partial charge on any atom is 0.244 e. The van der Waals surface area contributed by atoms with Crippen LogP contribution in [0.15, 0.2) is 42.5 Å². The summed E-state index contributed by atoms with van der Waals surface area (Å²) < 4.78 is 41.0. The van der Waals surface area contributed by atoms with Gasteiger partial charge in [-0.15, -0.1) is 0 Å². The number of nitrogen functional groups attached to an aromatic ring is 1. The van der Waals surface area contributed by atoms with Gasteiger partial charge in [-0.1, -0.05) is 19.9 Å². The zero-order chi connectivity index (χ0) is 27.2. The van der Waals surface area contributed by atoms with Crippen molar-refractivity contribution >= 4 is 27.0 Å². The van der Waals surface area contributed by atoms with Gasteiger partial charge in [0, 0.05) is 23.6 Å². The first-order valence-electron chi connectivity index (χ1n) is 13.2. The van der Waals surface area contributed by atoms with E-state index in [2.05, 4.69) is 28.7 Å². The van der Waals surface area contributed by atoms with Crippen LogP contribution >= 0.6 is 0 Å². The monoisotopic (exact) mass is 538 g/mol. The molecule has 0 atom stereocenters. The first-order chi connectivity index (χ1) is 18.0. The highest BCUT2D eigenvalue weighted by molar-refractivity contribution is 7.90. The number of aromatic nitrogens is 4. The van der Waals surface area contributed by atoms with Crippen molar-refractivity contribution in [1.82, 2.24) is 23.8 Å². The minimum absolute atomic E-state index is 0.0690. The number of anilines is 1. The molecule has 1 fully saturated rings. The normalized spacial score (nSPS) is 15.8. The third kappa shape index (κ3) is 4.94. The Bertz CT molecular complexity index is 1550. The number of aromatic amines is 1. The second kappa shape index (κ2) is 10.1. The average molecular weight is 539 g/mol. The number of likely N-dealkylation sites (tertiary alicyclic amines) is 1. The fourth-order valence-corrected chi connectivity index (χ4v) is 6.37. The van der Waals surface area contributed by atoms with Crippen LogP contribution in [0.4, 0.5) is 10.3 Å². The van der Waals surface area contributed by atoms with E-state index in [0.29, 0.717) is 22.6 Å². The number of rotatable bonds is 7. The van der Waals surface area contributed by atoms with E-state index in [9.17, 15) is 12.8 Å². The standard InChI is InChI=1S/C28H35FN6O2S/c1-17(2)16-34-13-11-20(12-14-34)27-32-25(19-5-8-22(29)9-6-19)26(33-27)21-7-10-23-24(15-21)35(28(30)31-23)38(36,37)18(3)4/h5-10,15,17-18,20H,11-14,16H2,1-4H3,(H2,30,31)(H,32,33). The molecule has 10 heteroatoms. The number of benzene rings is 2. The number of H-pyrrole nitrogens is 1. The number of nitrogens with two attached hydrogens (primary N) is 1. The summed E-state index contributed by atoms with van der Waals surface area (Å²) >= 11 is 0. The zero-order valence-corrected chi connectivity index (χ0v) is 23.1. The maximum atomic E-state index is 13.7. The molecular weight excluding hydrogens is 503 g/mol. The number of fused-ring (bicyclic) bond motifs is 1. The fourth-order valence-electron chi connectivity index (χ4n) is 5.22. The average Bonchev–Trinajstić information content (AvgIpc) is 3.45. The molecule has 0 spiro atoms. The molecule has 0 amide bonds. The number of hydrogen-bond donors (Lipinski definition) is 2. The molecule has 4 aromatic rings. The van der Waals surface area contributed by atoms with Crippen LogP contribution in [0.25, 0.3) is 33.5 Å². The van der Waals surface area contributed by atoms with Crippen molar-refractivity contribution in [2.75, 3.05) is 25.4 Å². The Labute approximate surface area is 223 Å².